The Morgan fingerprint density at radius 1 is 1.33 bits per heavy atom. The molecular formula is C17H15F3N4O3. The minimum absolute atomic E-state index is 0.0171. The molecule has 0 radical (unpaired) electrons. The summed E-state index contributed by atoms with van der Waals surface area (Å²) in [5.74, 6) is -0.978. The van der Waals surface area contributed by atoms with Crippen molar-refractivity contribution in [3.63, 3.8) is 0 Å². The fraction of sp³-hybridized carbons (Fsp3) is 0.235. The van der Waals surface area contributed by atoms with E-state index in [9.17, 15) is 22.8 Å². The summed E-state index contributed by atoms with van der Waals surface area (Å²) in [6, 6.07) is 6.73. The summed E-state index contributed by atoms with van der Waals surface area (Å²) in [6.45, 7) is -0.201. The summed E-state index contributed by atoms with van der Waals surface area (Å²) < 4.78 is 45.0. The van der Waals surface area contributed by atoms with E-state index in [1.54, 1.807) is 19.2 Å². The summed E-state index contributed by atoms with van der Waals surface area (Å²) in [5, 5.41) is 2.55. The first-order valence-electron chi connectivity index (χ1n) is 7.89. The molecule has 0 aliphatic carbocycles. The van der Waals surface area contributed by atoms with Crippen molar-refractivity contribution in [1.29, 1.82) is 0 Å². The van der Waals surface area contributed by atoms with Gasteiger partial charge in [-0.05, 0) is 30.3 Å². The van der Waals surface area contributed by atoms with Gasteiger partial charge in [-0.15, -0.1) is 0 Å². The average molecular weight is 380 g/mol. The molecular weight excluding hydrogens is 365 g/mol. The third-order valence-electron chi connectivity index (χ3n) is 3.87. The summed E-state index contributed by atoms with van der Waals surface area (Å²) in [4.78, 5) is 30.0. The van der Waals surface area contributed by atoms with Crippen molar-refractivity contribution in [2.45, 2.75) is 6.18 Å². The van der Waals surface area contributed by atoms with Crippen LogP contribution in [0.1, 0.15) is 15.9 Å². The zero-order valence-corrected chi connectivity index (χ0v) is 14.1. The lowest BCUT2D eigenvalue weighted by atomic mass is 10.2. The van der Waals surface area contributed by atoms with E-state index < -0.39 is 23.5 Å². The van der Waals surface area contributed by atoms with Crippen molar-refractivity contribution < 1.29 is 22.7 Å². The molecule has 0 saturated carbocycles. The van der Waals surface area contributed by atoms with Crippen LogP contribution in [0.2, 0.25) is 0 Å². The molecule has 1 aromatic carbocycles. The van der Waals surface area contributed by atoms with Crippen molar-refractivity contribution in [1.82, 2.24) is 19.9 Å². The Balaban J connectivity index is 1.61. The molecule has 10 heteroatoms. The molecule has 0 unspecified atom stereocenters. The first-order chi connectivity index (χ1) is 12.8. The second kappa shape index (κ2) is 7.14. The molecule has 0 saturated heterocycles. The molecule has 27 heavy (non-hydrogen) atoms. The van der Waals surface area contributed by atoms with Crippen molar-refractivity contribution in [2.24, 2.45) is 7.05 Å². The number of rotatable bonds is 5. The van der Waals surface area contributed by atoms with E-state index in [1.165, 1.54) is 22.9 Å². The Morgan fingerprint density at radius 2 is 2.11 bits per heavy atom. The lowest BCUT2D eigenvalue weighted by Gasteiger charge is -2.12. The third-order valence-corrected chi connectivity index (χ3v) is 3.87. The highest BCUT2D eigenvalue weighted by molar-refractivity contribution is 5.97. The maximum atomic E-state index is 12.9. The fourth-order valence-corrected chi connectivity index (χ4v) is 2.50. The van der Waals surface area contributed by atoms with Gasteiger partial charge in [0.25, 0.3) is 5.91 Å². The van der Waals surface area contributed by atoms with Crippen molar-refractivity contribution in [2.75, 3.05) is 13.2 Å². The standard InChI is InChI=1S/C17H15F3N4O3/c1-24-13-9-10(4-5-12(13)23-16(24)26)14(25)21-7-8-27-15-11(17(18,19)20)3-2-6-22-15/h2-6,9H,7-8H2,1H3,(H,21,25)(H,23,26). The number of carbonyl (C=O) groups excluding carboxylic acids is 1. The number of ether oxygens (including phenoxy) is 1. The molecule has 1 amide bonds. The number of carbonyl (C=O) groups is 1. The molecule has 2 N–H and O–H groups in total. The highest BCUT2D eigenvalue weighted by Crippen LogP contribution is 2.34. The van der Waals surface area contributed by atoms with Crippen molar-refractivity contribution in [3.8, 4) is 5.88 Å². The van der Waals surface area contributed by atoms with Gasteiger partial charge in [-0.1, -0.05) is 0 Å². The van der Waals surface area contributed by atoms with Gasteiger partial charge in [0.2, 0.25) is 5.88 Å². The molecule has 2 aromatic heterocycles. The Bertz CT molecular complexity index is 1040. The summed E-state index contributed by atoms with van der Waals surface area (Å²) in [6.07, 6.45) is -3.38. The third kappa shape index (κ3) is 3.94. The van der Waals surface area contributed by atoms with Gasteiger partial charge in [-0.25, -0.2) is 9.78 Å². The predicted molar refractivity (Wildman–Crippen MR) is 90.6 cm³/mol. The highest BCUT2D eigenvalue weighted by atomic mass is 19.4. The van der Waals surface area contributed by atoms with E-state index in [0.29, 0.717) is 16.6 Å². The molecule has 2 heterocycles. The molecule has 0 atom stereocenters. The number of amides is 1. The van der Waals surface area contributed by atoms with E-state index in [1.807, 2.05) is 0 Å². The predicted octanol–water partition coefficient (Wildman–Crippen LogP) is 2.09. The number of hydrogen-bond donors (Lipinski definition) is 2. The lowest BCUT2D eigenvalue weighted by Crippen LogP contribution is -2.28. The lowest BCUT2D eigenvalue weighted by molar-refractivity contribution is -0.139. The number of hydrogen-bond acceptors (Lipinski definition) is 4. The van der Waals surface area contributed by atoms with E-state index in [2.05, 4.69) is 15.3 Å². The quantitative estimate of drug-likeness (QED) is 0.664. The molecule has 7 nitrogen and oxygen atoms in total. The Morgan fingerprint density at radius 3 is 2.85 bits per heavy atom. The molecule has 3 aromatic rings. The van der Waals surface area contributed by atoms with Crippen LogP contribution < -0.4 is 15.7 Å². The average Bonchev–Trinajstić information content (AvgIpc) is 2.92. The van der Waals surface area contributed by atoms with Crippen LogP contribution in [0.4, 0.5) is 13.2 Å². The number of imidazole rings is 1. The van der Waals surface area contributed by atoms with Crippen molar-refractivity contribution in [3.05, 3.63) is 58.1 Å². The van der Waals surface area contributed by atoms with Crippen LogP contribution in [-0.4, -0.2) is 33.6 Å². The smallest absolute Gasteiger partial charge is 0.421 e. The van der Waals surface area contributed by atoms with Gasteiger partial charge in [0.05, 0.1) is 17.6 Å². The molecule has 0 fully saturated rings. The molecule has 3 rings (SSSR count). The van der Waals surface area contributed by atoms with Gasteiger partial charge in [-0.3, -0.25) is 9.36 Å². The van der Waals surface area contributed by atoms with Gasteiger partial charge in [0.15, 0.2) is 0 Å². The summed E-state index contributed by atoms with van der Waals surface area (Å²) >= 11 is 0. The summed E-state index contributed by atoms with van der Waals surface area (Å²) in [7, 11) is 1.57. The molecule has 0 aliphatic heterocycles. The largest absolute Gasteiger partial charge is 0.475 e. The topological polar surface area (TPSA) is 89.0 Å². The number of halogens is 3. The number of fused-ring (bicyclic) bond motifs is 1. The van der Waals surface area contributed by atoms with Gasteiger partial charge >= 0.3 is 11.9 Å². The number of alkyl halides is 3. The van der Waals surface area contributed by atoms with Crippen molar-refractivity contribution >= 4 is 16.9 Å². The number of nitrogens with zero attached hydrogens (tertiary/aromatic N) is 2. The van der Waals surface area contributed by atoms with Gasteiger partial charge < -0.3 is 15.0 Å². The monoisotopic (exact) mass is 380 g/mol. The van der Waals surface area contributed by atoms with Crippen LogP contribution >= 0.6 is 0 Å². The van der Waals surface area contributed by atoms with Gasteiger partial charge in [0.1, 0.15) is 12.2 Å². The number of nitrogens with one attached hydrogen (secondary N) is 2. The highest BCUT2D eigenvalue weighted by Gasteiger charge is 2.35. The Labute approximate surface area is 150 Å². The Hall–Kier alpha value is -3.30. The number of pyridine rings is 1. The van der Waals surface area contributed by atoms with Crippen LogP contribution in [0.15, 0.2) is 41.3 Å². The molecule has 0 spiro atoms. The van der Waals surface area contributed by atoms with Gasteiger partial charge in [-0.2, -0.15) is 13.2 Å². The molecule has 0 bridgehead atoms. The second-order valence-electron chi connectivity index (χ2n) is 5.68. The fourth-order valence-electron chi connectivity index (χ4n) is 2.50. The molecule has 0 aliphatic rings. The van der Waals surface area contributed by atoms with Crippen LogP contribution in [0, 0.1) is 0 Å². The van der Waals surface area contributed by atoms with Crippen LogP contribution in [0.3, 0.4) is 0 Å². The number of aromatic amines is 1. The SMILES string of the molecule is Cn1c(=O)[nH]c2ccc(C(=O)NCCOc3ncccc3C(F)(F)F)cc21. The van der Waals surface area contributed by atoms with E-state index >= 15 is 0 Å². The van der Waals surface area contributed by atoms with E-state index in [0.717, 1.165) is 6.07 Å². The number of H-pyrrole nitrogens is 1. The minimum Gasteiger partial charge on any atom is -0.475 e. The minimum atomic E-state index is -4.57. The van der Waals surface area contributed by atoms with Crippen LogP contribution in [-0.2, 0) is 13.2 Å². The zero-order chi connectivity index (χ0) is 19.6. The first-order valence-corrected chi connectivity index (χ1v) is 7.89. The molecule has 142 valence electrons. The first kappa shape index (κ1) is 18.5. The normalized spacial score (nSPS) is 11.6. The maximum absolute atomic E-state index is 12.9. The number of aryl methyl sites for hydroxylation is 1. The van der Waals surface area contributed by atoms with Gasteiger partial charge in [0, 0.05) is 18.8 Å². The van der Waals surface area contributed by atoms with E-state index in [-0.39, 0.29) is 18.8 Å². The van der Waals surface area contributed by atoms with Crippen LogP contribution in [0.25, 0.3) is 11.0 Å². The summed E-state index contributed by atoms with van der Waals surface area (Å²) in [5.41, 5.74) is 0.192. The number of benzene rings is 1. The zero-order valence-electron chi connectivity index (χ0n) is 14.1. The maximum Gasteiger partial charge on any atom is 0.421 e. The van der Waals surface area contributed by atoms with Crippen LogP contribution in [0.5, 0.6) is 5.88 Å². The van der Waals surface area contributed by atoms with E-state index in [4.69, 9.17) is 4.74 Å². The second-order valence-corrected chi connectivity index (χ2v) is 5.68. The Kier molecular flexibility index (Phi) is 4.89. The number of aromatic nitrogens is 3.